The molecule has 0 unspecified atom stereocenters. The number of amidine groups is 1. The molecule has 0 aliphatic heterocycles. The van der Waals surface area contributed by atoms with E-state index in [1.54, 1.807) is 0 Å². The molecule has 0 aromatic rings. The molecule has 5 nitrogen and oxygen atoms in total. The largest absolute Gasteiger partial charge is 0.409 e. The smallest absolute Gasteiger partial charge is 0.223 e. The molecule has 0 aliphatic carbocycles. The number of oxime groups is 1. The molecule has 0 heterocycles. The Morgan fingerprint density at radius 2 is 1.68 bits per heavy atom. The van der Waals surface area contributed by atoms with Crippen molar-refractivity contribution in [3.8, 4) is 0 Å². The van der Waals surface area contributed by atoms with E-state index in [-0.39, 0.29) is 17.7 Å². The lowest BCUT2D eigenvalue weighted by Crippen LogP contribution is -2.58. The first-order valence-corrected chi connectivity index (χ1v) is 7.31. The summed E-state index contributed by atoms with van der Waals surface area (Å²) in [5.74, 6) is 0.107. The van der Waals surface area contributed by atoms with Crippen LogP contribution >= 0.6 is 0 Å². The monoisotopic (exact) mass is 271 g/mol. The molecule has 5 heteroatoms. The number of nitrogens with one attached hydrogen (secondary N) is 1. The molecule has 0 saturated heterocycles. The van der Waals surface area contributed by atoms with Gasteiger partial charge in [-0.3, -0.25) is 4.79 Å². The third-order valence-electron chi connectivity index (χ3n) is 3.81. The fraction of sp³-hybridized carbons (Fsp3) is 0.857. The molecule has 4 N–H and O–H groups in total. The minimum absolute atomic E-state index is 0.0129. The SMILES string of the molecule is CCCC(CCC)C(=O)NC(CC)(CC)C(N)=NO. The number of carbonyl (C=O) groups is 1. The Bertz CT molecular complexity index is 293. The van der Waals surface area contributed by atoms with E-state index in [0.717, 1.165) is 25.7 Å². The van der Waals surface area contributed by atoms with E-state index in [0.29, 0.717) is 12.8 Å². The molecule has 0 spiro atoms. The maximum Gasteiger partial charge on any atom is 0.223 e. The highest BCUT2D eigenvalue weighted by Crippen LogP contribution is 2.20. The van der Waals surface area contributed by atoms with Crippen LogP contribution in [0.5, 0.6) is 0 Å². The second-order valence-electron chi connectivity index (χ2n) is 5.04. The molecule has 0 fully saturated rings. The van der Waals surface area contributed by atoms with E-state index >= 15 is 0 Å². The van der Waals surface area contributed by atoms with Crippen molar-refractivity contribution >= 4 is 11.7 Å². The minimum Gasteiger partial charge on any atom is -0.409 e. The highest BCUT2D eigenvalue weighted by molar-refractivity contribution is 5.94. The summed E-state index contributed by atoms with van der Waals surface area (Å²) in [6.45, 7) is 8.01. The summed E-state index contributed by atoms with van der Waals surface area (Å²) in [5.41, 5.74) is 5.02. The molecule has 1 amide bonds. The Kier molecular flexibility index (Phi) is 8.19. The fourth-order valence-corrected chi connectivity index (χ4v) is 2.39. The molecule has 0 saturated carbocycles. The first kappa shape index (κ1) is 17.7. The van der Waals surface area contributed by atoms with Crippen LogP contribution < -0.4 is 11.1 Å². The second kappa shape index (κ2) is 8.77. The first-order chi connectivity index (χ1) is 9.01. The number of hydrogen-bond acceptors (Lipinski definition) is 3. The Labute approximate surface area is 116 Å². The third kappa shape index (κ3) is 4.73. The molecule has 0 aromatic carbocycles. The maximum atomic E-state index is 12.4. The maximum absolute atomic E-state index is 12.4. The minimum atomic E-state index is -0.731. The molecule has 19 heavy (non-hydrogen) atoms. The van der Waals surface area contributed by atoms with Gasteiger partial charge in [0.2, 0.25) is 5.91 Å². The summed E-state index contributed by atoms with van der Waals surface area (Å²) >= 11 is 0. The number of carbonyl (C=O) groups excluding carboxylic acids is 1. The predicted octanol–water partition coefficient (Wildman–Crippen LogP) is 2.62. The molecule has 0 atom stereocenters. The van der Waals surface area contributed by atoms with Gasteiger partial charge in [0, 0.05) is 5.92 Å². The van der Waals surface area contributed by atoms with Crippen molar-refractivity contribution in [2.24, 2.45) is 16.8 Å². The van der Waals surface area contributed by atoms with Crippen LogP contribution in [0.3, 0.4) is 0 Å². The van der Waals surface area contributed by atoms with Gasteiger partial charge < -0.3 is 16.3 Å². The second-order valence-corrected chi connectivity index (χ2v) is 5.04. The topological polar surface area (TPSA) is 87.7 Å². The molecule has 112 valence electrons. The van der Waals surface area contributed by atoms with Gasteiger partial charge in [-0.05, 0) is 25.7 Å². The van der Waals surface area contributed by atoms with Gasteiger partial charge in [0.15, 0.2) is 5.84 Å². The molecule has 0 aromatic heterocycles. The van der Waals surface area contributed by atoms with Crippen LogP contribution in [0.4, 0.5) is 0 Å². The van der Waals surface area contributed by atoms with Gasteiger partial charge in [0.25, 0.3) is 0 Å². The van der Waals surface area contributed by atoms with Crippen molar-refractivity contribution in [2.75, 3.05) is 0 Å². The van der Waals surface area contributed by atoms with Crippen LogP contribution in [-0.2, 0) is 4.79 Å². The van der Waals surface area contributed by atoms with E-state index in [9.17, 15) is 4.79 Å². The summed E-state index contributed by atoms with van der Waals surface area (Å²) in [7, 11) is 0. The van der Waals surface area contributed by atoms with Crippen molar-refractivity contribution in [3.63, 3.8) is 0 Å². The van der Waals surface area contributed by atoms with E-state index in [1.807, 2.05) is 13.8 Å². The van der Waals surface area contributed by atoms with E-state index < -0.39 is 5.54 Å². The Hall–Kier alpha value is -1.26. The average Bonchev–Trinajstić information content (AvgIpc) is 2.43. The molecule has 0 rings (SSSR count). The average molecular weight is 271 g/mol. The van der Waals surface area contributed by atoms with Gasteiger partial charge in [0.05, 0.1) is 0 Å². The zero-order valence-electron chi connectivity index (χ0n) is 12.7. The van der Waals surface area contributed by atoms with Crippen molar-refractivity contribution in [1.29, 1.82) is 0 Å². The summed E-state index contributed by atoms with van der Waals surface area (Å²) in [5, 5.41) is 15.0. The van der Waals surface area contributed by atoms with Gasteiger partial charge >= 0.3 is 0 Å². The highest BCUT2D eigenvalue weighted by Gasteiger charge is 2.34. The van der Waals surface area contributed by atoms with Crippen LogP contribution in [0.15, 0.2) is 5.16 Å². The normalized spacial score (nSPS) is 12.8. The summed E-state index contributed by atoms with van der Waals surface area (Å²) < 4.78 is 0. The van der Waals surface area contributed by atoms with E-state index in [1.165, 1.54) is 0 Å². The standard InChI is InChI=1S/C14H29N3O2/c1-5-9-11(10-6-2)12(18)16-14(7-3,8-4)13(15)17-19/h11,19H,5-10H2,1-4H3,(H2,15,17)(H,16,18). The number of nitrogens with two attached hydrogens (primary N) is 1. The predicted molar refractivity (Wildman–Crippen MR) is 78.2 cm³/mol. The first-order valence-electron chi connectivity index (χ1n) is 7.31. The van der Waals surface area contributed by atoms with Crippen LogP contribution in [0.1, 0.15) is 66.2 Å². The highest BCUT2D eigenvalue weighted by atomic mass is 16.4. The van der Waals surface area contributed by atoms with Crippen LogP contribution in [-0.4, -0.2) is 22.5 Å². The zero-order valence-corrected chi connectivity index (χ0v) is 12.7. The Morgan fingerprint density at radius 3 is 2.00 bits per heavy atom. The summed E-state index contributed by atoms with van der Waals surface area (Å²) in [4.78, 5) is 12.4. The van der Waals surface area contributed by atoms with Gasteiger partial charge in [0.1, 0.15) is 5.54 Å². The molecular formula is C14H29N3O2. The molecule has 0 aliphatic rings. The number of rotatable bonds is 9. The quantitative estimate of drug-likeness (QED) is 0.261. The lowest BCUT2D eigenvalue weighted by atomic mass is 9.89. The van der Waals surface area contributed by atoms with Crippen LogP contribution in [0.25, 0.3) is 0 Å². The van der Waals surface area contributed by atoms with Gasteiger partial charge in [-0.25, -0.2) is 0 Å². The molecule has 0 bridgehead atoms. The molecule has 0 radical (unpaired) electrons. The van der Waals surface area contributed by atoms with E-state index in [2.05, 4.69) is 24.3 Å². The fourth-order valence-electron chi connectivity index (χ4n) is 2.39. The summed E-state index contributed by atoms with van der Waals surface area (Å²) in [6, 6.07) is 0. The van der Waals surface area contributed by atoms with Crippen molar-refractivity contribution < 1.29 is 10.0 Å². The zero-order chi connectivity index (χ0) is 14.9. The number of amides is 1. The van der Waals surface area contributed by atoms with Gasteiger partial charge in [-0.1, -0.05) is 45.7 Å². The lowest BCUT2D eigenvalue weighted by molar-refractivity contribution is -0.126. The van der Waals surface area contributed by atoms with Crippen molar-refractivity contribution in [3.05, 3.63) is 0 Å². The number of hydrogen-bond donors (Lipinski definition) is 3. The summed E-state index contributed by atoms with van der Waals surface area (Å²) in [6.07, 6.45) is 4.92. The van der Waals surface area contributed by atoms with Gasteiger partial charge in [-0.2, -0.15) is 0 Å². The van der Waals surface area contributed by atoms with E-state index in [4.69, 9.17) is 10.9 Å². The Morgan fingerprint density at radius 1 is 1.21 bits per heavy atom. The number of nitrogens with zero attached hydrogens (tertiary/aromatic N) is 1. The van der Waals surface area contributed by atoms with Crippen molar-refractivity contribution in [2.45, 2.75) is 71.8 Å². The van der Waals surface area contributed by atoms with Crippen LogP contribution in [0, 0.1) is 5.92 Å². The lowest BCUT2D eigenvalue weighted by Gasteiger charge is -2.33. The third-order valence-corrected chi connectivity index (χ3v) is 3.81. The van der Waals surface area contributed by atoms with Crippen molar-refractivity contribution in [1.82, 2.24) is 5.32 Å². The molecular weight excluding hydrogens is 242 g/mol. The Balaban J connectivity index is 4.97. The van der Waals surface area contributed by atoms with Crippen LogP contribution in [0.2, 0.25) is 0 Å². The van der Waals surface area contributed by atoms with Gasteiger partial charge in [-0.15, -0.1) is 0 Å².